The van der Waals surface area contributed by atoms with Crippen LogP contribution in [0.4, 0.5) is 0 Å². The summed E-state index contributed by atoms with van der Waals surface area (Å²) in [6, 6.07) is 20.3. The maximum absolute atomic E-state index is 12.3. The first kappa shape index (κ1) is 17.9. The number of nitrogens with one attached hydrogen (secondary N) is 2. The average molecular weight is 435 g/mol. The number of benzene rings is 3. The largest absolute Gasteiger partial charge is 0.507 e. The van der Waals surface area contributed by atoms with Crippen LogP contribution in [0.15, 0.2) is 76.3 Å². The summed E-state index contributed by atoms with van der Waals surface area (Å²) in [7, 11) is 0. The molecule has 0 fully saturated rings. The van der Waals surface area contributed by atoms with Crippen LogP contribution in [-0.2, 0) is 0 Å². The summed E-state index contributed by atoms with van der Waals surface area (Å²) < 4.78 is 0.887. The molecular weight excluding hydrogens is 420 g/mol. The van der Waals surface area contributed by atoms with Crippen LogP contribution in [0.2, 0.25) is 0 Å². The number of H-pyrrole nitrogens is 1. The van der Waals surface area contributed by atoms with E-state index in [1.807, 2.05) is 54.6 Å². The third-order valence-corrected chi connectivity index (χ3v) is 4.97. The lowest BCUT2D eigenvalue weighted by atomic mass is 10.0. The molecule has 3 N–H and O–H groups in total. The van der Waals surface area contributed by atoms with Crippen LogP contribution in [0.3, 0.4) is 0 Å². The van der Waals surface area contributed by atoms with Crippen molar-refractivity contribution in [1.82, 2.24) is 15.6 Å². The van der Waals surface area contributed by atoms with Crippen LogP contribution in [0.1, 0.15) is 16.1 Å². The van der Waals surface area contributed by atoms with Gasteiger partial charge in [-0.05, 0) is 29.0 Å². The second-order valence-electron chi connectivity index (χ2n) is 6.07. The molecule has 0 radical (unpaired) electrons. The molecule has 6 nitrogen and oxygen atoms in total. The second kappa shape index (κ2) is 7.66. The molecule has 0 bridgehead atoms. The number of hydrazone groups is 1. The number of carbonyl (C=O) groups is 1. The van der Waals surface area contributed by atoms with E-state index in [-0.39, 0.29) is 11.4 Å². The van der Waals surface area contributed by atoms with Gasteiger partial charge in [-0.25, -0.2) is 5.43 Å². The van der Waals surface area contributed by atoms with Crippen molar-refractivity contribution in [3.63, 3.8) is 0 Å². The first-order chi connectivity index (χ1) is 13.6. The molecule has 1 heterocycles. The van der Waals surface area contributed by atoms with E-state index < -0.39 is 5.91 Å². The van der Waals surface area contributed by atoms with Gasteiger partial charge in [0.25, 0.3) is 5.91 Å². The molecule has 28 heavy (non-hydrogen) atoms. The van der Waals surface area contributed by atoms with E-state index in [1.54, 1.807) is 12.1 Å². The van der Waals surface area contributed by atoms with Gasteiger partial charge in [-0.2, -0.15) is 10.2 Å². The smallest absolute Gasteiger partial charge is 0.289 e. The summed E-state index contributed by atoms with van der Waals surface area (Å²) in [6.07, 6.45) is 1.43. The van der Waals surface area contributed by atoms with E-state index in [0.29, 0.717) is 11.3 Å². The van der Waals surface area contributed by atoms with E-state index in [0.717, 1.165) is 20.8 Å². The highest BCUT2D eigenvalue weighted by atomic mass is 79.9. The number of carbonyl (C=O) groups excluding carboxylic acids is 1. The molecule has 0 unspecified atom stereocenters. The number of aromatic nitrogens is 2. The summed E-state index contributed by atoms with van der Waals surface area (Å²) >= 11 is 3.47. The maximum Gasteiger partial charge on any atom is 0.289 e. The fourth-order valence-corrected chi connectivity index (χ4v) is 3.37. The van der Waals surface area contributed by atoms with Crippen molar-refractivity contribution in [2.45, 2.75) is 0 Å². The maximum atomic E-state index is 12.3. The topological polar surface area (TPSA) is 90.4 Å². The summed E-state index contributed by atoms with van der Waals surface area (Å²) in [5, 5.41) is 22.8. The molecule has 0 aliphatic carbocycles. The Balaban J connectivity index is 1.53. The Hall–Kier alpha value is -3.45. The molecule has 0 saturated carbocycles. The third kappa shape index (κ3) is 3.52. The first-order valence-electron chi connectivity index (χ1n) is 8.48. The van der Waals surface area contributed by atoms with Gasteiger partial charge in [0.2, 0.25) is 0 Å². The van der Waals surface area contributed by atoms with Gasteiger partial charge >= 0.3 is 0 Å². The molecule has 4 rings (SSSR count). The van der Waals surface area contributed by atoms with Crippen molar-refractivity contribution < 1.29 is 9.90 Å². The van der Waals surface area contributed by atoms with Crippen molar-refractivity contribution in [3.05, 3.63) is 82.5 Å². The number of phenolic OH excluding ortho intramolecular Hbond substituents is 1. The van der Waals surface area contributed by atoms with Crippen molar-refractivity contribution in [1.29, 1.82) is 0 Å². The Morgan fingerprint density at radius 2 is 1.89 bits per heavy atom. The molecule has 4 aromatic rings. The number of aromatic hydroxyl groups is 1. The van der Waals surface area contributed by atoms with Crippen molar-refractivity contribution >= 4 is 38.8 Å². The highest BCUT2D eigenvalue weighted by Crippen LogP contribution is 2.27. The zero-order valence-corrected chi connectivity index (χ0v) is 16.1. The van der Waals surface area contributed by atoms with Gasteiger partial charge in [0, 0.05) is 15.6 Å². The number of fused-ring (bicyclic) bond motifs is 1. The van der Waals surface area contributed by atoms with Crippen LogP contribution in [-0.4, -0.2) is 27.4 Å². The minimum Gasteiger partial charge on any atom is -0.507 e. The van der Waals surface area contributed by atoms with Crippen molar-refractivity contribution in [2.75, 3.05) is 0 Å². The third-order valence-electron chi connectivity index (χ3n) is 4.28. The van der Waals surface area contributed by atoms with E-state index in [9.17, 15) is 9.90 Å². The fourth-order valence-electron chi connectivity index (χ4n) is 2.88. The van der Waals surface area contributed by atoms with Crippen molar-refractivity contribution in [3.8, 4) is 17.0 Å². The summed E-state index contributed by atoms with van der Waals surface area (Å²) in [5.41, 5.74) is 4.80. The highest BCUT2D eigenvalue weighted by molar-refractivity contribution is 9.10. The number of aromatic amines is 1. The van der Waals surface area contributed by atoms with Crippen LogP contribution >= 0.6 is 15.9 Å². The molecule has 1 amide bonds. The predicted molar refractivity (Wildman–Crippen MR) is 112 cm³/mol. The Morgan fingerprint density at radius 3 is 2.75 bits per heavy atom. The van der Waals surface area contributed by atoms with Gasteiger partial charge in [-0.15, -0.1) is 0 Å². The van der Waals surface area contributed by atoms with Crippen LogP contribution in [0.5, 0.6) is 5.75 Å². The van der Waals surface area contributed by atoms with Crippen LogP contribution < -0.4 is 5.43 Å². The number of hydrogen-bond acceptors (Lipinski definition) is 4. The van der Waals surface area contributed by atoms with Gasteiger partial charge < -0.3 is 5.11 Å². The molecule has 0 saturated heterocycles. The molecule has 0 atom stereocenters. The zero-order valence-electron chi connectivity index (χ0n) is 14.6. The number of hydrogen-bond donors (Lipinski definition) is 3. The lowest BCUT2D eigenvalue weighted by molar-refractivity contribution is 0.0950. The van der Waals surface area contributed by atoms with Gasteiger partial charge in [0.1, 0.15) is 11.4 Å². The normalized spacial score (nSPS) is 11.2. The van der Waals surface area contributed by atoms with Gasteiger partial charge in [-0.1, -0.05) is 64.5 Å². The van der Waals surface area contributed by atoms with Gasteiger partial charge in [0.05, 0.1) is 11.9 Å². The van der Waals surface area contributed by atoms with Crippen LogP contribution in [0.25, 0.3) is 22.0 Å². The lowest BCUT2D eigenvalue weighted by Gasteiger charge is -2.04. The summed E-state index contributed by atoms with van der Waals surface area (Å²) in [5.74, 6) is -0.337. The molecule has 0 aliphatic heterocycles. The van der Waals surface area contributed by atoms with E-state index in [2.05, 4.69) is 36.7 Å². The van der Waals surface area contributed by atoms with Crippen LogP contribution in [0, 0.1) is 0 Å². The monoisotopic (exact) mass is 434 g/mol. The molecule has 3 aromatic carbocycles. The molecular formula is C21H15BrN4O2. The zero-order chi connectivity index (χ0) is 19.5. The second-order valence-corrected chi connectivity index (χ2v) is 6.92. The Morgan fingerprint density at radius 1 is 1.11 bits per heavy atom. The Bertz CT molecular complexity index is 1200. The quantitative estimate of drug-likeness (QED) is 0.327. The Kier molecular flexibility index (Phi) is 4.90. The number of phenols is 1. The molecule has 138 valence electrons. The molecule has 0 spiro atoms. The molecule has 0 aliphatic rings. The summed E-state index contributed by atoms with van der Waals surface area (Å²) in [6.45, 7) is 0. The Labute approximate surface area is 169 Å². The molecule has 7 heteroatoms. The predicted octanol–water partition coefficient (Wildman–Crippen LogP) is 4.46. The average Bonchev–Trinajstić information content (AvgIpc) is 3.20. The standard InChI is InChI=1S/C21H15BrN4O2/c22-17-8-4-3-7-15(17)18-11-19(25-24-18)21(28)26-23-12-16-14-6-2-1-5-13(14)9-10-20(16)27/h1-12,27H,(H,24,25)(H,26,28)/b23-12-. The highest BCUT2D eigenvalue weighted by Gasteiger charge is 2.12. The minimum absolute atomic E-state index is 0.0921. The number of nitrogens with zero attached hydrogens (tertiary/aromatic N) is 2. The number of amides is 1. The molecule has 1 aromatic heterocycles. The van der Waals surface area contributed by atoms with E-state index in [4.69, 9.17) is 0 Å². The van der Waals surface area contributed by atoms with Gasteiger partial charge in [-0.3, -0.25) is 9.89 Å². The van der Waals surface area contributed by atoms with E-state index >= 15 is 0 Å². The number of rotatable bonds is 4. The lowest BCUT2D eigenvalue weighted by Crippen LogP contribution is -2.18. The van der Waals surface area contributed by atoms with E-state index in [1.165, 1.54) is 6.21 Å². The fraction of sp³-hybridized carbons (Fsp3) is 0. The number of halogens is 1. The SMILES string of the molecule is O=C(N/N=C\c1c(O)ccc2ccccc12)c1cc(-c2ccccc2Br)n[nH]1. The van der Waals surface area contributed by atoms with Crippen molar-refractivity contribution in [2.24, 2.45) is 5.10 Å². The summed E-state index contributed by atoms with van der Waals surface area (Å²) in [4.78, 5) is 12.3. The van der Waals surface area contributed by atoms with Gasteiger partial charge in [0.15, 0.2) is 0 Å². The first-order valence-corrected chi connectivity index (χ1v) is 9.27. The minimum atomic E-state index is -0.429.